The molecular formula is C15H17N3O3. The molecule has 21 heavy (non-hydrogen) atoms. The van der Waals surface area contributed by atoms with Crippen LogP contribution in [0.3, 0.4) is 0 Å². The van der Waals surface area contributed by atoms with Gasteiger partial charge in [0.25, 0.3) is 0 Å². The zero-order valence-electron chi connectivity index (χ0n) is 11.9. The van der Waals surface area contributed by atoms with Crippen molar-refractivity contribution in [3.05, 3.63) is 53.7 Å². The number of carbonyl (C=O) groups excluding carboxylic acids is 2. The summed E-state index contributed by atoms with van der Waals surface area (Å²) in [4.78, 5) is 27.7. The number of aryl methyl sites for hydroxylation is 1. The molecule has 2 rings (SSSR count). The monoisotopic (exact) mass is 287 g/mol. The molecule has 6 heteroatoms. The molecule has 0 aliphatic carbocycles. The third-order valence-electron chi connectivity index (χ3n) is 3.09. The summed E-state index contributed by atoms with van der Waals surface area (Å²) in [6, 6.07) is 6.83. The van der Waals surface area contributed by atoms with Gasteiger partial charge in [-0.1, -0.05) is 6.07 Å². The summed E-state index contributed by atoms with van der Waals surface area (Å²) < 4.78 is 5.12. The SMILES string of the molecule is Cc1occc1CNC(=O)C(=O)NC(C)c1ccccn1. The lowest BCUT2D eigenvalue weighted by Crippen LogP contribution is -2.40. The lowest BCUT2D eigenvalue weighted by atomic mass is 10.2. The van der Waals surface area contributed by atoms with Crippen molar-refractivity contribution in [2.45, 2.75) is 26.4 Å². The molecule has 0 radical (unpaired) electrons. The normalized spacial score (nSPS) is 11.7. The molecule has 1 atom stereocenters. The van der Waals surface area contributed by atoms with Gasteiger partial charge in [-0.3, -0.25) is 14.6 Å². The molecule has 0 saturated heterocycles. The van der Waals surface area contributed by atoms with Gasteiger partial charge in [-0.25, -0.2) is 0 Å². The quantitative estimate of drug-likeness (QED) is 0.834. The van der Waals surface area contributed by atoms with E-state index in [1.807, 2.05) is 6.07 Å². The molecule has 2 amide bonds. The molecule has 0 saturated carbocycles. The van der Waals surface area contributed by atoms with Gasteiger partial charge in [0.1, 0.15) is 5.76 Å². The van der Waals surface area contributed by atoms with E-state index in [9.17, 15) is 9.59 Å². The van der Waals surface area contributed by atoms with Crippen molar-refractivity contribution in [1.29, 1.82) is 0 Å². The third-order valence-corrected chi connectivity index (χ3v) is 3.09. The maximum atomic E-state index is 11.8. The lowest BCUT2D eigenvalue weighted by molar-refractivity contribution is -0.139. The van der Waals surface area contributed by atoms with Crippen LogP contribution in [0.15, 0.2) is 41.1 Å². The Kier molecular flexibility index (Phi) is 4.71. The topological polar surface area (TPSA) is 84.2 Å². The minimum atomic E-state index is -0.686. The Balaban J connectivity index is 1.85. The van der Waals surface area contributed by atoms with Crippen LogP contribution in [0.25, 0.3) is 0 Å². The molecule has 0 fully saturated rings. The first kappa shape index (κ1) is 14.8. The van der Waals surface area contributed by atoms with Crippen molar-refractivity contribution in [2.24, 2.45) is 0 Å². The second-order valence-electron chi connectivity index (χ2n) is 4.63. The fourth-order valence-electron chi connectivity index (χ4n) is 1.82. The van der Waals surface area contributed by atoms with Gasteiger partial charge >= 0.3 is 11.8 Å². The van der Waals surface area contributed by atoms with Crippen molar-refractivity contribution >= 4 is 11.8 Å². The van der Waals surface area contributed by atoms with Crippen LogP contribution in [0.1, 0.15) is 30.0 Å². The smallest absolute Gasteiger partial charge is 0.309 e. The van der Waals surface area contributed by atoms with Crippen molar-refractivity contribution in [1.82, 2.24) is 15.6 Å². The highest BCUT2D eigenvalue weighted by molar-refractivity contribution is 6.35. The first-order valence-corrected chi connectivity index (χ1v) is 6.60. The van der Waals surface area contributed by atoms with Crippen molar-refractivity contribution in [2.75, 3.05) is 0 Å². The van der Waals surface area contributed by atoms with Crippen molar-refractivity contribution < 1.29 is 14.0 Å². The summed E-state index contributed by atoms with van der Waals surface area (Å²) in [6.45, 7) is 3.82. The Labute approximate surface area is 122 Å². The highest BCUT2D eigenvalue weighted by atomic mass is 16.3. The lowest BCUT2D eigenvalue weighted by Gasteiger charge is -2.12. The molecule has 0 aliphatic rings. The highest BCUT2D eigenvalue weighted by Gasteiger charge is 2.17. The van der Waals surface area contributed by atoms with E-state index in [0.29, 0.717) is 5.69 Å². The van der Waals surface area contributed by atoms with Crippen molar-refractivity contribution in [3.8, 4) is 0 Å². The molecule has 0 bridgehead atoms. The molecule has 1 unspecified atom stereocenters. The maximum Gasteiger partial charge on any atom is 0.309 e. The Morgan fingerprint density at radius 1 is 1.29 bits per heavy atom. The number of carbonyl (C=O) groups is 2. The van der Waals surface area contributed by atoms with Gasteiger partial charge in [0, 0.05) is 18.3 Å². The minimum Gasteiger partial charge on any atom is -0.469 e. The molecule has 0 aliphatic heterocycles. The van der Waals surface area contributed by atoms with Crippen LogP contribution in [0.5, 0.6) is 0 Å². The standard InChI is InChI=1S/C15H17N3O3/c1-10(13-5-3-4-7-16-13)18-15(20)14(19)17-9-12-6-8-21-11(12)2/h3-8,10H,9H2,1-2H3,(H,17,19)(H,18,20). The predicted molar refractivity (Wildman–Crippen MR) is 76.1 cm³/mol. The number of nitrogens with zero attached hydrogens (tertiary/aromatic N) is 1. The van der Waals surface area contributed by atoms with E-state index in [-0.39, 0.29) is 12.6 Å². The molecule has 0 spiro atoms. The van der Waals surface area contributed by atoms with Crippen molar-refractivity contribution in [3.63, 3.8) is 0 Å². The van der Waals surface area contributed by atoms with E-state index < -0.39 is 11.8 Å². The van der Waals surface area contributed by atoms with Crippen LogP contribution in [0, 0.1) is 6.92 Å². The summed E-state index contributed by atoms with van der Waals surface area (Å²) >= 11 is 0. The zero-order valence-corrected chi connectivity index (χ0v) is 11.9. The number of aromatic nitrogens is 1. The Bertz CT molecular complexity index is 622. The molecule has 2 aromatic rings. The van der Waals surface area contributed by atoms with E-state index in [1.165, 1.54) is 0 Å². The van der Waals surface area contributed by atoms with E-state index in [1.54, 1.807) is 44.5 Å². The number of nitrogens with one attached hydrogen (secondary N) is 2. The zero-order chi connectivity index (χ0) is 15.2. The number of hydrogen-bond acceptors (Lipinski definition) is 4. The first-order chi connectivity index (χ1) is 10.1. The fraction of sp³-hybridized carbons (Fsp3) is 0.267. The maximum absolute atomic E-state index is 11.8. The average Bonchev–Trinajstić information content (AvgIpc) is 2.90. The Morgan fingerprint density at radius 3 is 2.71 bits per heavy atom. The molecular weight excluding hydrogens is 270 g/mol. The van der Waals surface area contributed by atoms with Crippen LogP contribution >= 0.6 is 0 Å². The van der Waals surface area contributed by atoms with Crippen LogP contribution in [0.4, 0.5) is 0 Å². The molecule has 0 aromatic carbocycles. The van der Waals surface area contributed by atoms with Gasteiger partial charge in [-0.2, -0.15) is 0 Å². The number of pyridine rings is 1. The van der Waals surface area contributed by atoms with Gasteiger partial charge in [0.15, 0.2) is 0 Å². The Morgan fingerprint density at radius 2 is 2.10 bits per heavy atom. The van der Waals surface area contributed by atoms with Gasteiger partial charge in [0.05, 0.1) is 18.0 Å². The average molecular weight is 287 g/mol. The van der Waals surface area contributed by atoms with Crippen LogP contribution in [-0.4, -0.2) is 16.8 Å². The second-order valence-corrected chi connectivity index (χ2v) is 4.63. The summed E-state index contributed by atoms with van der Waals surface area (Å²) in [7, 11) is 0. The highest BCUT2D eigenvalue weighted by Crippen LogP contribution is 2.09. The van der Waals surface area contributed by atoms with Crippen LogP contribution in [0.2, 0.25) is 0 Å². The molecule has 2 aromatic heterocycles. The molecule has 2 heterocycles. The second kappa shape index (κ2) is 6.69. The number of hydrogen-bond donors (Lipinski definition) is 2. The van der Waals surface area contributed by atoms with Crippen LogP contribution < -0.4 is 10.6 Å². The van der Waals surface area contributed by atoms with Crippen LogP contribution in [-0.2, 0) is 16.1 Å². The summed E-state index contributed by atoms with van der Waals surface area (Å²) in [5, 5.41) is 5.15. The molecule has 6 nitrogen and oxygen atoms in total. The summed E-state index contributed by atoms with van der Waals surface area (Å²) in [6.07, 6.45) is 3.18. The molecule has 2 N–H and O–H groups in total. The van der Waals surface area contributed by atoms with E-state index in [2.05, 4.69) is 15.6 Å². The predicted octanol–water partition coefficient (Wildman–Crippen LogP) is 1.48. The Hall–Kier alpha value is -2.63. The molecule has 110 valence electrons. The fourth-order valence-corrected chi connectivity index (χ4v) is 1.82. The number of amides is 2. The van der Waals surface area contributed by atoms with Gasteiger partial charge in [-0.05, 0) is 32.0 Å². The first-order valence-electron chi connectivity index (χ1n) is 6.60. The van der Waals surface area contributed by atoms with E-state index in [4.69, 9.17) is 4.42 Å². The summed E-state index contributed by atoms with van der Waals surface area (Å²) in [5.74, 6) is -0.648. The number of rotatable bonds is 4. The number of furan rings is 1. The van der Waals surface area contributed by atoms with E-state index in [0.717, 1.165) is 11.3 Å². The summed E-state index contributed by atoms with van der Waals surface area (Å²) in [5.41, 5.74) is 1.54. The third kappa shape index (κ3) is 3.92. The minimum absolute atomic E-state index is 0.257. The van der Waals surface area contributed by atoms with Gasteiger partial charge in [0.2, 0.25) is 0 Å². The largest absolute Gasteiger partial charge is 0.469 e. The van der Waals surface area contributed by atoms with Gasteiger partial charge in [-0.15, -0.1) is 0 Å². The van der Waals surface area contributed by atoms with Gasteiger partial charge < -0.3 is 15.1 Å². The van der Waals surface area contributed by atoms with E-state index >= 15 is 0 Å².